The molecule has 174 valence electrons. The zero-order chi connectivity index (χ0) is 22.8. The first kappa shape index (κ1) is 26.6. The van der Waals surface area contributed by atoms with Crippen molar-refractivity contribution in [2.24, 2.45) is 0 Å². The van der Waals surface area contributed by atoms with Gasteiger partial charge in [-0.2, -0.15) is 33.7 Å². The second-order valence-electron chi connectivity index (χ2n) is 6.06. The van der Waals surface area contributed by atoms with E-state index in [4.69, 9.17) is 22.0 Å². The molecule has 0 aromatic heterocycles. The Balaban J connectivity index is 3.49. The number of hydrogen-bond donors (Lipinski definition) is 0. The molecular formula is C11H22O14S4. The van der Waals surface area contributed by atoms with Crippen LogP contribution in [0.3, 0.4) is 0 Å². The summed E-state index contributed by atoms with van der Waals surface area (Å²) in [6.45, 7) is -0.825. The zero-order valence-corrected chi connectivity index (χ0v) is 19.2. The Morgan fingerprint density at radius 1 is 0.655 bits per heavy atom. The van der Waals surface area contributed by atoms with Crippen LogP contribution < -0.4 is 0 Å². The van der Waals surface area contributed by atoms with Gasteiger partial charge in [-0.3, -0.25) is 16.7 Å². The minimum Gasteiger partial charge on any atom is -0.353 e. The molecule has 0 amide bonds. The quantitative estimate of drug-likeness (QED) is 0.279. The van der Waals surface area contributed by atoms with Crippen molar-refractivity contribution in [3.8, 4) is 0 Å². The van der Waals surface area contributed by atoms with E-state index < -0.39 is 77.8 Å². The van der Waals surface area contributed by atoms with Gasteiger partial charge in [0.15, 0.2) is 12.4 Å². The van der Waals surface area contributed by atoms with Crippen molar-refractivity contribution < 1.29 is 59.9 Å². The molecule has 1 heterocycles. The first-order valence-electron chi connectivity index (χ1n) is 7.49. The lowest BCUT2D eigenvalue weighted by Crippen LogP contribution is -2.62. The van der Waals surface area contributed by atoms with Crippen LogP contribution in [-0.4, -0.2) is 103 Å². The Bertz CT molecular complexity index is 980. The predicted molar refractivity (Wildman–Crippen MR) is 95.6 cm³/mol. The number of rotatable bonds is 10. The van der Waals surface area contributed by atoms with Gasteiger partial charge in [-0.15, -0.1) is 0 Å². The van der Waals surface area contributed by atoms with Gasteiger partial charge in [0, 0.05) is 7.11 Å². The van der Waals surface area contributed by atoms with E-state index in [-0.39, 0.29) is 0 Å². The maximum Gasteiger partial charge on any atom is 0.264 e. The lowest BCUT2D eigenvalue weighted by Gasteiger charge is -2.43. The molecular weight excluding hydrogens is 484 g/mol. The van der Waals surface area contributed by atoms with E-state index in [0.717, 1.165) is 7.11 Å². The van der Waals surface area contributed by atoms with Crippen molar-refractivity contribution in [2.45, 2.75) is 30.7 Å². The van der Waals surface area contributed by atoms with Crippen LogP contribution in [-0.2, 0) is 66.7 Å². The second-order valence-corrected chi connectivity index (χ2v) is 12.5. The van der Waals surface area contributed by atoms with Gasteiger partial charge in [0.1, 0.15) is 18.3 Å². The summed E-state index contributed by atoms with van der Waals surface area (Å²) in [4.78, 5) is 0. The largest absolute Gasteiger partial charge is 0.353 e. The van der Waals surface area contributed by atoms with E-state index in [1.807, 2.05) is 0 Å². The Kier molecular flexibility index (Phi) is 8.59. The highest BCUT2D eigenvalue weighted by Crippen LogP contribution is 2.31. The van der Waals surface area contributed by atoms with Gasteiger partial charge in [0.25, 0.3) is 40.5 Å². The van der Waals surface area contributed by atoms with E-state index in [1.54, 1.807) is 0 Å². The molecule has 0 saturated carbocycles. The number of ether oxygens (including phenoxy) is 2. The van der Waals surface area contributed by atoms with E-state index >= 15 is 0 Å². The Morgan fingerprint density at radius 2 is 1.07 bits per heavy atom. The SMILES string of the molecule is CO[C@H]1O[C@@H](COS(C)(=O)=O)[C@@H](OS(C)(=O)=O)[C@H](OS(C)(=O)=O)[C@H]1OS(C)(=O)=O. The molecule has 14 nitrogen and oxygen atoms in total. The third-order valence-electron chi connectivity index (χ3n) is 3.13. The molecule has 0 aliphatic carbocycles. The third-order valence-corrected chi connectivity index (χ3v) is 5.41. The summed E-state index contributed by atoms with van der Waals surface area (Å²) in [6, 6.07) is 0. The van der Waals surface area contributed by atoms with E-state index in [9.17, 15) is 33.7 Å². The van der Waals surface area contributed by atoms with Gasteiger partial charge in [-0.1, -0.05) is 0 Å². The van der Waals surface area contributed by atoms with Crippen LogP contribution in [0.2, 0.25) is 0 Å². The summed E-state index contributed by atoms with van der Waals surface area (Å²) in [7, 11) is -15.8. The van der Waals surface area contributed by atoms with Crippen molar-refractivity contribution in [1.29, 1.82) is 0 Å². The van der Waals surface area contributed by atoms with Gasteiger partial charge in [-0.05, 0) is 0 Å². The predicted octanol–water partition coefficient (Wildman–Crippen LogP) is -2.63. The van der Waals surface area contributed by atoms with E-state index in [2.05, 4.69) is 4.18 Å². The Morgan fingerprint density at radius 3 is 1.45 bits per heavy atom. The molecule has 1 fully saturated rings. The summed E-state index contributed by atoms with van der Waals surface area (Å²) in [5, 5.41) is 0. The molecule has 1 aliphatic rings. The minimum absolute atomic E-state index is 0.612. The molecule has 0 aromatic carbocycles. The minimum atomic E-state index is -4.32. The average Bonchev–Trinajstić information content (AvgIpc) is 2.44. The van der Waals surface area contributed by atoms with E-state index in [0.29, 0.717) is 25.0 Å². The molecule has 1 saturated heterocycles. The third kappa shape index (κ3) is 9.94. The molecule has 29 heavy (non-hydrogen) atoms. The topological polar surface area (TPSA) is 192 Å². The standard InChI is InChI=1S/C11H22O14S4/c1-20-11-10(25-29(5,18)19)9(24-28(4,16)17)8(23-27(3,14)15)7(22-11)6-21-26(2,12)13/h7-11H,6H2,1-5H3/t7-,8+,9-,10+,11-/m0/s1. The van der Waals surface area contributed by atoms with Crippen LogP contribution in [0.4, 0.5) is 0 Å². The Hall–Kier alpha value is -0.440. The van der Waals surface area contributed by atoms with Gasteiger partial charge >= 0.3 is 0 Å². The van der Waals surface area contributed by atoms with Gasteiger partial charge in [0.2, 0.25) is 0 Å². The fraction of sp³-hybridized carbons (Fsp3) is 1.00. The first-order chi connectivity index (χ1) is 12.8. The molecule has 18 heteroatoms. The molecule has 0 N–H and O–H groups in total. The average molecular weight is 507 g/mol. The number of methoxy groups -OCH3 is 1. The van der Waals surface area contributed by atoms with Crippen molar-refractivity contribution in [2.75, 3.05) is 38.7 Å². The summed E-state index contributed by atoms with van der Waals surface area (Å²) < 4.78 is 122. The lowest BCUT2D eigenvalue weighted by molar-refractivity contribution is -0.276. The molecule has 0 bridgehead atoms. The van der Waals surface area contributed by atoms with Gasteiger partial charge in [-0.25, -0.2) is 0 Å². The highest BCUT2D eigenvalue weighted by molar-refractivity contribution is 7.86. The molecule has 0 aromatic rings. The van der Waals surface area contributed by atoms with Crippen molar-refractivity contribution in [1.82, 2.24) is 0 Å². The molecule has 5 atom stereocenters. The van der Waals surface area contributed by atoms with E-state index in [1.165, 1.54) is 0 Å². The molecule has 1 aliphatic heterocycles. The highest BCUT2D eigenvalue weighted by Gasteiger charge is 2.53. The molecule has 1 rings (SSSR count). The summed E-state index contributed by atoms with van der Waals surface area (Å²) in [5.41, 5.74) is 0. The summed E-state index contributed by atoms with van der Waals surface area (Å²) in [6.07, 6.45) is -6.25. The second kappa shape index (κ2) is 9.37. The fourth-order valence-corrected chi connectivity index (χ4v) is 4.57. The molecule has 0 radical (unpaired) electrons. The Labute approximate surface area is 169 Å². The van der Waals surface area contributed by atoms with Crippen LogP contribution in [0.25, 0.3) is 0 Å². The maximum atomic E-state index is 11.7. The van der Waals surface area contributed by atoms with Crippen molar-refractivity contribution >= 4 is 40.5 Å². The van der Waals surface area contributed by atoms with Crippen LogP contribution in [0.5, 0.6) is 0 Å². The fourth-order valence-electron chi connectivity index (χ4n) is 2.33. The summed E-state index contributed by atoms with van der Waals surface area (Å²) >= 11 is 0. The highest BCUT2D eigenvalue weighted by atomic mass is 32.2. The van der Waals surface area contributed by atoms with Gasteiger partial charge < -0.3 is 9.47 Å². The van der Waals surface area contributed by atoms with Gasteiger partial charge in [0.05, 0.1) is 31.6 Å². The lowest BCUT2D eigenvalue weighted by atomic mass is 9.99. The van der Waals surface area contributed by atoms with Crippen LogP contribution in [0, 0.1) is 0 Å². The van der Waals surface area contributed by atoms with Crippen molar-refractivity contribution in [3.05, 3.63) is 0 Å². The normalized spacial score (nSPS) is 29.6. The van der Waals surface area contributed by atoms with Crippen LogP contribution in [0.1, 0.15) is 0 Å². The maximum absolute atomic E-state index is 11.7. The first-order valence-corrected chi connectivity index (χ1v) is 14.8. The van der Waals surface area contributed by atoms with Crippen LogP contribution in [0.15, 0.2) is 0 Å². The van der Waals surface area contributed by atoms with Crippen molar-refractivity contribution in [3.63, 3.8) is 0 Å². The monoisotopic (exact) mass is 506 g/mol. The van der Waals surface area contributed by atoms with Crippen LogP contribution >= 0.6 is 0 Å². The smallest absolute Gasteiger partial charge is 0.264 e. The zero-order valence-electron chi connectivity index (χ0n) is 15.9. The molecule has 0 unspecified atom stereocenters. The number of hydrogen-bond acceptors (Lipinski definition) is 14. The molecule has 0 spiro atoms. The summed E-state index contributed by atoms with van der Waals surface area (Å²) in [5.74, 6) is 0.